The van der Waals surface area contributed by atoms with E-state index in [0.717, 1.165) is 44.3 Å². The summed E-state index contributed by atoms with van der Waals surface area (Å²) in [7, 11) is 0. The molecular weight excluding hydrogens is 440 g/mol. The molecule has 1 aromatic carbocycles. The van der Waals surface area contributed by atoms with Crippen molar-refractivity contribution < 1.29 is 9.47 Å². The predicted octanol–water partition coefficient (Wildman–Crippen LogP) is 10.9. The first-order chi connectivity index (χ1) is 17.6. The van der Waals surface area contributed by atoms with Crippen molar-refractivity contribution in [1.29, 1.82) is 0 Å². The average Bonchev–Trinajstić information content (AvgIpc) is 2.85. The van der Waals surface area contributed by atoms with E-state index in [1.807, 2.05) is 0 Å². The molecule has 0 aliphatic heterocycles. The zero-order valence-corrected chi connectivity index (χ0v) is 24.8. The molecule has 1 aromatic rings. The lowest BCUT2D eigenvalue weighted by Gasteiger charge is -2.19. The summed E-state index contributed by atoms with van der Waals surface area (Å²) in [6.07, 6.45) is 25.1. The first-order valence-corrected chi connectivity index (χ1v) is 15.8. The molecule has 0 saturated heterocycles. The predicted molar refractivity (Wildman–Crippen MR) is 159 cm³/mol. The molecule has 0 fully saturated rings. The minimum absolute atomic E-state index is 0.102. The average molecular weight is 503 g/mol. The maximum Gasteiger partial charge on any atom is 0.161 e. The largest absolute Gasteiger partial charge is 0.352 e. The van der Waals surface area contributed by atoms with E-state index in [2.05, 4.69) is 58.0 Å². The Bertz CT molecular complexity index is 524. The Morgan fingerprint density at radius 3 is 1.22 bits per heavy atom. The van der Waals surface area contributed by atoms with Crippen LogP contribution < -0.4 is 0 Å². The van der Waals surface area contributed by atoms with E-state index in [4.69, 9.17) is 9.47 Å². The normalized spacial score (nSPS) is 11.9. The van der Waals surface area contributed by atoms with Crippen LogP contribution in [0.15, 0.2) is 30.3 Å². The van der Waals surface area contributed by atoms with Gasteiger partial charge in [0.05, 0.1) is 0 Å². The molecule has 0 atom stereocenters. The van der Waals surface area contributed by atoms with Crippen molar-refractivity contribution in [3.05, 3.63) is 35.9 Å². The smallest absolute Gasteiger partial charge is 0.161 e. The zero-order chi connectivity index (χ0) is 26.1. The van der Waals surface area contributed by atoms with Crippen molar-refractivity contribution >= 4 is 0 Å². The second-order valence-corrected chi connectivity index (χ2v) is 11.9. The minimum atomic E-state index is -0.102. The Morgan fingerprint density at radius 1 is 0.472 bits per heavy atom. The lowest BCUT2D eigenvalue weighted by Crippen LogP contribution is -2.21. The van der Waals surface area contributed by atoms with Crippen molar-refractivity contribution in [3.8, 4) is 0 Å². The first kappa shape index (κ1) is 33.2. The van der Waals surface area contributed by atoms with Crippen LogP contribution in [0.3, 0.4) is 0 Å². The standard InChI is InChI=1S/C34H62O2/c1-31(2)24-18-13-9-5-7-11-15-22-28-35-34(30-33-26-20-17-21-27-33)36-29-23-16-12-8-6-10-14-19-25-32(3)4/h17,20-21,26-27,31-32,34H,5-16,18-19,22-25,28-30H2,1-4H3. The van der Waals surface area contributed by atoms with E-state index in [0.29, 0.717) is 0 Å². The molecule has 0 aliphatic carbocycles. The van der Waals surface area contributed by atoms with E-state index >= 15 is 0 Å². The Hall–Kier alpha value is -0.860. The summed E-state index contributed by atoms with van der Waals surface area (Å²) in [4.78, 5) is 0. The molecule has 0 bridgehead atoms. The summed E-state index contributed by atoms with van der Waals surface area (Å²) in [5.41, 5.74) is 1.30. The van der Waals surface area contributed by atoms with Crippen molar-refractivity contribution in [2.24, 2.45) is 11.8 Å². The quantitative estimate of drug-likeness (QED) is 0.0926. The van der Waals surface area contributed by atoms with Gasteiger partial charge >= 0.3 is 0 Å². The monoisotopic (exact) mass is 502 g/mol. The fourth-order valence-corrected chi connectivity index (χ4v) is 4.83. The van der Waals surface area contributed by atoms with Crippen LogP contribution in [0.4, 0.5) is 0 Å². The molecular formula is C34H62O2. The third kappa shape index (κ3) is 22.3. The molecule has 0 spiro atoms. The maximum atomic E-state index is 6.21. The first-order valence-electron chi connectivity index (χ1n) is 15.8. The van der Waals surface area contributed by atoms with E-state index in [1.165, 1.54) is 108 Å². The van der Waals surface area contributed by atoms with Gasteiger partial charge in [0.1, 0.15) is 0 Å². The highest BCUT2D eigenvalue weighted by Crippen LogP contribution is 2.15. The minimum Gasteiger partial charge on any atom is -0.352 e. The second kappa shape index (κ2) is 24.5. The van der Waals surface area contributed by atoms with Gasteiger partial charge in [0, 0.05) is 19.6 Å². The molecule has 0 N–H and O–H groups in total. The van der Waals surface area contributed by atoms with Crippen molar-refractivity contribution in [1.82, 2.24) is 0 Å². The number of hydrogen-bond acceptors (Lipinski definition) is 2. The summed E-state index contributed by atoms with van der Waals surface area (Å²) in [6.45, 7) is 11.0. The third-order valence-corrected chi connectivity index (χ3v) is 7.20. The molecule has 0 aliphatic rings. The highest BCUT2D eigenvalue weighted by Gasteiger charge is 2.10. The second-order valence-electron chi connectivity index (χ2n) is 11.9. The number of benzene rings is 1. The highest BCUT2D eigenvalue weighted by molar-refractivity contribution is 5.15. The van der Waals surface area contributed by atoms with Crippen LogP contribution in [0, 0.1) is 11.8 Å². The van der Waals surface area contributed by atoms with Crippen LogP contribution in [0.2, 0.25) is 0 Å². The molecule has 36 heavy (non-hydrogen) atoms. The Labute approximate surface area is 226 Å². The van der Waals surface area contributed by atoms with Crippen molar-refractivity contribution in [3.63, 3.8) is 0 Å². The number of hydrogen-bond donors (Lipinski definition) is 0. The topological polar surface area (TPSA) is 18.5 Å². The molecule has 1 rings (SSSR count). The molecule has 0 aromatic heterocycles. The van der Waals surface area contributed by atoms with Gasteiger partial charge in [-0.25, -0.2) is 0 Å². The van der Waals surface area contributed by atoms with Crippen molar-refractivity contribution in [2.75, 3.05) is 13.2 Å². The van der Waals surface area contributed by atoms with Gasteiger partial charge in [-0.2, -0.15) is 0 Å². The lowest BCUT2D eigenvalue weighted by atomic mass is 10.0. The summed E-state index contributed by atoms with van der Waals surface area (Å²) in [6, 6.07) is 10.7. The lowest BCUT2D eigenvalue weighted by molar-refractivity contribution is -0.142. The molecule has 2 heteroatoms. The van der Waals surface area contributed by atoms with Gasteiger partial charge in [0.2, 0.25) is 0 Å². The zero-order valence-electron chi connectivity index (χ0n) is 24.8. The SMILES string of the molecule is CC(C)CCCCCCCCCCOC(Cc1ccccc1)OCCCCCCCCCCC(C)C. The van der Waals surface area contributed by atoms with E-state index in [-0.39, 0.29) is 6.29 Å². The highest BCUT2D eigenvalue weighted by atomic mass is 16.7. The van der Waals surface area contributed by atoms with Crippen LogP contribution in [-0.2, 0) is 15.9 Å². The number of rotatable bonds is 26. The summed E-state index contributed by atoms with van der Waals surface area (Å²) in [5.74, 6) is 1.72. The van der Waals surface area contributed by atoms with Crippen LogP contribution in [-0.4, -0.2) is 19.5 Å². The Morgan fingerprint density at radius 2 is 0.833 bits per heavy atom. The van der Waals surface area contributed by atoms with Gasteiger partial charge in [-0.05, 0) is 30.2 Å². The molecule has 0 saturated carbocycles. The van der Waals surface area contributed by atoms with E-state index in [9.17, 15) is 0 Å². The summed E-state index contributed by atoms with van der Waals surface area (Å²) < 4.78 is 12.4. The molecule has 0 radical (unpaired) electrons. The van der Waals surface area contributed by atoms with Gasteiger partial charge in [0.15, 0.2) is 6.29 Å². The van der Waals surface area contributed by atoms with Gasteiger partial charge in [-0.15, -0.1) is 0 Å². The van der Waals surface area contributed by atoms with Crippen LogP contribution in [0.5, 0.6) is 0 Å². The number of ether oxygens (including phenoxy) is 2. The fourth-order valence-electron chi connectivity index (χ4n) is 4.83. The van der Waals surface area contributed by atoms with Crippen molar-refractivity contribution in [2.45, 2.75) is 156 Å². The number of unbranched alkanes of at least 4 members (excludes halogenated alkanes) is 14. The van der Waals surface area contributed by atoms with Gasteiger partial charge in [0.25, 0.3) is 0 Å². The summed E-state index contributed by atoms with van der Waals surface area (Å²) in [5, 5.41) is 0. The third-order valence-electron chi connectivity index (χ3n) is 7.20. The molecule has 0 unspecified atom stereocenters. The molecule has 2 nitrogen and oxygen atoms in total. The maximum absolute atomic E-state index is 6.21. The molecule has 210 valence electrons. The van der Waals surface area contributed by atoms with Gasteiger partial charge in [-0.1, -0.05) is 161 Å². The molecule has 0 heterocycles. The van der Waals surface area contributed by atoms with Gasteiger partial charge in [-0.3, -0.25) is 0 Å². The molecule has 0 amide bonds. The van der Waals surface area contributed by atoms with Crippen LogP contribution >= 0.6 is 0 Å². The Balaban J connectivity index is 2.08. The Kier molecular flexibility index (Phi) is 22.6. The van der Waals surface area contributed by atoms with E-state index in [1.54, 1.807) is 0 Å². The van der Waals surface area contributed by atoms with Crippen LogP contribution in [0.1, 0.15) is 149 Å². The van der Waals surface area contributed by atoms with E-state index < -0.39 is 0 Å². The van der Waals surface area contributed by atoms with Gasteiger partial charge < -0.3 is 9.47 Å². The fraction of sp³-hybridized carbons (Fsp3) is 0.824. The van der Waals surface area contributed by atoms with Crippen LogP contribution in [0.25, 0.3) is 0 Å². The summed E-state index contributed by atoms with van der Waals surface area (Å²) >= 11 is 0.